The summed E-state index contributed by atoms with van der Waals surface area (Å²) in [6.45, 7) is 4.18. The molecule has 2 aromatic carbocycles. The molecule has 2 amide bonds. The van der Waals surface area contributed by atoms with E-state index in [2.05, 4.69) is 10.3 Å². The van der Waals surface area contributed by atoms with Crippen LogP contribution >= 0.6 is 0 Å². The first-order chi connectivity index (χ1) is 15.5. The fraction of sp³-hybridized carbons (Fsp3) is 0.160. The van der Waals surface area contributed by atoms with Gasteiger partial charge in [0.25, 0.3) is 11.8 Å². The molecule has 5 rings (SSSR count). The van der Waals surface area contributed by atoms with E-state index in [4.69, 9.17) is 9.47 Å². The van der Waals surface area contributed by atoms with Crippen LogP contribution in [0.3, 0.4) is 0 Å². The van der Waals surface area contributed by atoms with Crippen LogP contribution in [0.15, 0.2) is 66.5 Å². The number of hydrogen-bond acceptors (Lipinski definition) is 6. The van der Waals surface area contributed by atoms with E-state index in [9.17, 15) is 9.59 Å². The minimum Gasteiger partial charge on any atom is -0.454 e. The molecule has 0 fully saturated rings. The Bertz CT molecular complexity index is 1270. The second-order valence-electron chi connectivity index (χ2n) is 7.78. The molecule has 0 unspecified atom stereocenters. The topological polar surface area (TPSA) is 80.8 Å². The Morgan fingerprint density at radius 2 is 1.81 bits per heavy atom. The van der Waals surface area contributed by atoms with Gasteiger partial charge in [0.05, 0.1) is 17.8 Å². The van der Waals surface area contributed by atoms with Crippen LogP contribution in [0.1, 0.15) is 22.4 Å². The molecule has 3 heterocycles. The van der Waals surface area contributed by atoms with Crippen LogP contribution in [0, 0.1) is 13.8 Å². The predicted molar refractivity (Wildman–Crippen MR) is 119 cm³/mol. The van der Waals surface area contributed by atoms with Crippen LogP contribution in [0.5, 0.6) is 11.5 Å². The number of nitrogens with zero attached hydrogens (tertiary/aromatic N) is 2. The van der Waals surface area contributed by atoms with Crippen molar-refractivity contribution >= 4 is 23.1 Å². The molecule has 0 bridgehead atoms. The maximum atomic E-state index is 13.5. The van der Waals surface area contributed by atoms with E-state index < -0.39 is 5.91 Å². The zero-order chi connectivity index (χ0) is 22.2. The molecule has 1 aromatic heterocycles. The van der Waals surface area contributed by atoms with Crippen molar-refractivity contribution in [2.45, 2.75) is 20.4 Å². The smallest absolute Gasteiger partial charge is 0.278 e. The van der Waals surface area contributed by atoms with Gasteiger partial charge in [0, 0.05) is 18.0 Å². The molecule has 1 N–H and O–H groups in total. The van der Waals surface area contributed by atoms with E-state index in [1.54, 1.807) is 36.5 Å². The molecule has 3 aromatic rings. The van der Waals surface area contributed by atoms with Gasteiger partial charge in [0.1, 0.15) is 5.70 Å². The normalized spacial score (nSPS) is 15.0. The van der Waals surface area contributed by atoms with Gasteiger partial charge in [-0.1, -0.05) is 29.8 Å². The number of carbonyl (C=O) groups is 2. The Kier molecular flexibility index (Phi) is 4.86. The molecule has 0 radical (unpaired) electrons. The van der Waals surface area contributed by atoms with Gasteiger partial charge in [-0.25, -0.2) is 0 Å². The molecule has 0 saturated heterocycles. The number of aromatic nitrogens is 1. The molecular weight excluding hydrogens is 406 g/mol. The molecule has 160 valence electrons. The summed E-state index contributed by atoms with van der Waals surface area (Å²) in [5.41, 5.74) is 4.58. The highest BCUT2D eigenvalue weighted by atomic mass is 16.7. The van der Waals surface area contributed by atoms with Gasteiger partial charge < -0.3 is 14.8 Å². The zero-order valence-corrected chi connectivity index (χ0v) is 17.7. The van der Waals surface area contributed by atoms with Gasteiger partial charge in [-0.15, -0.1) is 0 Å². The number of ether oxygens (including phenoxy) is 2. The van der Waals surface area contributed by atoms with E-state index in [1.807, 2.05) is 38.1 Å². The largest absolute Gasteiger partial charge is 0.454 e. The Balaban J connectivity index is 1.56. The maximum Gasteiger partial charge on any atom is 0.278 e. The average molecular weight is 427 g/mol. The molecule has 2 aliphatic heterocycles. The number of carbonyl (C=O) groups excluding carboxylic acids is 2. The third-order valence-corrected chi connectivity index (χ3v) is 5.51. The lowest BCUT2D eigenvalue weighted by Gasteiger charge is -2.15. The van der Waals surface area contributed by atoms with Gasteiger partial charge in [0.2, 0.25) is 6.79 Å². The lowest BCUT2D eigenvalue weighted by Crippen LogP contribution is -2.32. The number of hydrogen-bond donors (Lipinski definition) is 1. The second-order valence-corrected chi connectivity index (χ2v) is 7.78. The summed E-state index contributed by atoms with van der Waals surface area (Å²) in [6.07, 6.45) is 1.64. The van der Waals surface area contributed by atoms with Gasteiger partial charge in [-0.05, 0) is 49.2 Å². The summed E-state index contributed by atoms with van der Waals surface area (Å²) in [5, 5.41) is 3.17. The SMILES string of the molecule is Cc1ccc(C2=C(Nc3ccc4c(c3)OCO4)C(=O)N(Cc3ccccn3)C2=O)c(C)c1. The number of anilines is 1. The van der Waals surface area contributed by atoms with Crippen molar-refractivity contribution in [1.82, 2.24) is 9.88 Å². The predicted octanol–water partition coefficient (Wildman–Crippen LogP) is 3.82. The van der Waals surface area contributed by atoms with Crippen LogP contribution in [0.25, 0.3) is 5.57 Å². The first kappa shape index (κ1) is 19.8. The quantitative estimate of drug-likeness (QED) is 0.624. The molecule has 2 aliphatic rings. The molecule has 32 heavy (non-hydrogen) atoms. The van der Waals surface area contributed by atoms with Crippen LogP contribution in [-0.2, 0) is 16.1 Å². The third kappa shape index (κ3) is 3.47. The van der Waals surface area contributed by atoms with E-state index in [1.165, 1.54) is 4.90 Å². The summed E-state index contributed by atoms with van der Waals surface area (Å²) < 4.78 is 10.8. The van der Waals surface area contributed by atoms with Crippen molar-refractivity contribution in [3.63, 3.8) is 0 Å². The highest BCUT2D eigenvalue weighted by molar-refractivity contribution is 6.36. The first-order valence-corrected chi connectivity index (χ1v) is 10.3. The number of fused-ring (bicyclic) bond motifs is 1. The summed E-state index contributed by atoms with van der Waals surface area (Å²) >= 11 is 0. The number of benzene rings is 2. The Morgan fingerprint density at radius 1 is 0.969 bits per heavy atom. The average Bonchev–Trinajstić information content (AvgIpc) is 3.34. The number of nitrogens with one attached hydrogen (secondary N) is 1. The Morgan fingerprint density at radius 3 is 2.59 bits per heavy atom. The van der Waals surface area contributed by atoms with Crippen molar-refractivity contribution in [3.05, 3.63) is 88.9 Å². The molecule has 0 spiro atoms. The maximum absolute atomic E-state index is 13.5. The summed E-state index contributed by atoms with van der Waals surface area (Å²) in [4.78, 5) is 32.4. The van der Waals surface area contributed by atoms with Crippen LogP contribution < -0.4 is 14.8 Å². The minimum absolute atomic E-state index is 0.0965. The highest BCUT2D eigenvalue weighted by Gasteiger charge is 2.40. The van der Waals surface area contributed by atoms with Crippen LogP contribution in [0.2, 0.25) is 0 Å². The Labute approximate surface area is 185 Å². The van der Waals surface area contributed by atoms with Gasteiger partial charge in [0.15, 0.2) is 11.5 Å². The highest BCUT2D eigenvalue weighted by Crippen LogP contribution is 2.37. The van der Waals surface area contributed by atoms with Gasteiger partial charge in [-0.3, -0.25) is 19.5 Å². The van der Waals surface area contributed by atoms with Crippen molar-refractivity contribution in [2.75, 3.05) is 12.1 Å². The summed E-state index contributed by atoms with van der Waals surface area (Å²) in [6, 6.07) is 16.6. The lowest BCUT2D eigenvalue weighted by molar-refractivity contribution is -0.137. The number of pyridine rings is 1. The fourth-order valence-corrected chi connectivity index (χ4v) is 3.95. The van der Waals surface area contributed by atoms with Crippen molar-refractivity contribution in [2.24, 2.45) is 0 Å². The summed E-state index contributed by atoms with van der Waals surface area (Å²) in [7, 11) is 0. The zero-order valence-electron chi connectivity index (χ0n) is 17.7. The molecule has 0 saturated carbocycles. The van der Waals surface area contributed by atoms with Crippen LogP contribution in [0.4, 0.5) is 5.69 Å². The number of aryl methyl sites for hydroxylation is 2. The monoisotopic (exact) mass is 427 g/mol. The lowest BCUT2D eigenvalue weighted by atomic mass is 9.97. The second kappa shape index (κ2) is 7.85. The number of imide groups is 1. The summed E-state index contributed by atoms with van der Waals surface area (Å²) in [5.74, 6) is 0.486. The van der Waals surface area contributed by atoms with E-state index >= 15 is 0 Å². The third-order valence-electron chi connectivity index (χ3n) is 5.51. The standard InChI is InChI=1S/C25H21N3O4/c1-15-6-8-19(16(2)11-15)22-23(27-17-7-9-20-21(12-17)32-14-31-20)25(30)28(24(22)29)13-18-5-3-4-10-26-18/h3-12,27H,13-14H2,1-2H3. The Hall–Kier alpha value is -4.13. The minimum atomic E-state index is -0.395. The van der Waals surface area contributed by atoms with Gasteiger partial charge in [-0.2, -0.15) is 0 Å². The van der Waals surface area contributed by atoms with Crippen molar-refractivity contribution in [3.8, 4) is 11.5 Å². The van der Waals surface area contributed by atoms with E-state index in [0.29, 0.717) is 28.5 Å². The fourth-order valence-electron chi connectivity index (χ4n) is 3.95. The van der Waals surface area contributed by atoms with Crippen LogP contribution in [-0.4, -0.2) is 28.5 Å². The first-order valence-electron chi connectivity index (χ1n) is 10.3. The van der Waals surface area contributed by atoms with Crippen molar-refractivity contribution < 1.29 is 19.1 Å². The molecule has 0 aliphatic carbocycles. The number of amides is 2. The number of rotatable bonds is 5. The molecule has 7 nitrogen and oxygen atoms in total. The van der Waals surface area contributed by atoms with Crippen molar-refractivity contribution in [1.29, 1.82) is 0 Å². The van der Waals surface area contributed by atoms with E-state index in [0.717, 1.165) is 16.7 Å². The molecular formula is C25H21N3O4. The van der Waals surface area contributed by atoms with E-state index in [-0.39, 0.29) is 24.9 Å². The molecule has 7 heteroatoms. The molecule has 0 atom stereocenters. The van der Waals surface area contributed by atoms with Gasteiger partial charge >= 0.3 is 0 Å².